The lowest BCUT2D eigenvalue weighted by Crippen LogP contribution is -2.03. The Morgan fingerprint density at radius 1 is 0.964 bits per heavy atom. The molecule has 0 unspecified atom stereocenters. The predicted octanol–water partition coefficient (Wildman–Crippen LogP) is 6.19. The topological polar surface area (TPSA) is 58.6 Å². The lowest BCUT2D eigenvalue weighted by atomic mass is 10.1. The molecule has 3 aromatic carbocycles. The summed E-state index contributed by atoms with van der Waals surface area (Å²) in [4.78, 5) is 11.0. The third-order valence-electron chi connectivity index (χ3n) is 4.27. The molecule has 144 valence electrons. The molecule has 0 aliphatic rings. The minimum atomic E-state index is -0.925. The van der Waals surface area contributed by atoms with Gasteiger partial charge in [-0.1, -0.05) is 41.4 Å². The molecule has 0 heterocycles. The molecule has 0 saturated carbocycles. The number of rotatable bonds is 7. The first kappa shape index (κ1) is 20.1. The van der Waals surface area contributed by atoms with E-state index in [1.165, 1.54) is 0 Å². The normalized spacial score (nSPS) is 10.5. The number of carboxylic acids is 1. The second-order valence-electron chi connectivity index (χ2n) is 6.37. The zero-order valence-corrected chi connectivity index (χ0v) is 16.7. The minimum absolute atomic E-state index is 0.284. The number of halogens is 2. The first-order chi connectivity index (χ1) is 13.4. The van der Waals surface area contributed by atoms with Crippen molar-refractivity contribution in [2.45, 2.75) is 20.1 Å². The van der Waals surface area contributed by atoms with Crippen molar-refractivity contribution < 1.29 is 14.6 Å². The van der Waals surface area contributed by atoms with Crippen molar-refractivity contribution in [1.29, 1.82) is 0 Å². The van der Waals surface area contributed by atoms with E-state index >= 15 is 0 Å². The van der Waals surface area contributed by atoms with Crippen LogP contribution in [0, 0.1) is 6.92 Å². The van der Waals surface area contributed by atoms with Gasteiger partial charge in [-0.25, -0.2) is 4.79 Å². The third kappa shape index (κ3) is 5.18. The van der Waals surface area contributed by atoms with Crippen LogP contribution in [0.2, 0.25) is 10.0 Å². The highest BCUT2D eigenvalue weighted by Gasteiger charge is 2.06. The molecular weight excluding hydrogens is 397 g/mol. The summed E-state index contributed by atoms with van der Waals surface area (Å²) in [7, 11) is 0. The van der Waals surface area contributed by atoms with Crippen molar-refractivity contribution in [2.75, 3.05) is 5.32 Å². The zero-order valence-electron chi connectivity index (χ0n) is 15.2. The fourth-order valence-corrected chi connectivity index (χ4v) is 3.01. The number of carboxylic acid groups (broad SMARTS) is 1. The summed E-state index contributed by atoms with van der Waals surface area (Å²) >= 11 is 11.9. The van der Waals surface area contributed by atoms with Gasteiger partial charge in [0.25, 0.3) is 0 Å². The first-order valence-corrected chi connectivity index (χ1v) is 9.41. The van der Waals surface area contributed by atoms with Crippen LogP contribution in [0.1, 0.15) is 27.0 Å². The third-order valence-corrected chi connectivity index (χ3v) is 5.01. The molecule has 0 saturated heterocycles. The second-order valence-corrected chi connectivity index (χ2v) is 7.18. The van der Waals surface area contributed by atoms with Crippen LogP contribution < -0.4 is 10.1 Å². The maximum Gasteiger partial charge on any atom is 0.335 e. The molecule has 28 heavy (non-hydrogen) atoms. The molecule has 0 aliphatic heterocycles. The van der Waals surface area contributed by atoms with Crippen LogP contribution in [-0.4, -0.2) is 11.1 Å². The van der Waals surface area contributed by atoms with Gasteiger partial charge in [-0.05, 0) is 66.1 Å². The van der Waals surface area contributed by atoms with Crippen LogP contribution >= 0.6 is 23.2 Å². The van der Waals surface area contributed by atoms with Gasteiger partial charge in [0.05, 0.1) is 15.6 Å². The molecule has 6 heteroatoms. The van der Waals surface area contributed by atoms with E-state index in [1.54, 1.807) is 30.3 Å². The number of hydrogen-bond acceptors (Lipinski definition) is 3. The second kappa shape index (κ2) is 9.00. The standard InChI is InChI=1S/C22H19Cl2NO3/c1-14-10-17(22(26)27)5-9-21(14)25-12-15-2-6-18(7-3-15)28-13-16-4-8-19(23)20(24)11-16/h2-11,25H,12-13H2,1H3,(H,26,27). The molecule has 3 rings (SSSR count). The largest absolute Gasteiger partial charge is 0.489 e. The molecular formula is C22H19Cl2NO3. The average molecular weight is 416 g/mol. The molecule has 0 spiro atoms. The number of aromatic carboxylic acids is 1. The van der Waals surface area contributed by atoms with Crippen molar-refractivity contribution in [2.24, 2.45) is 0 Å². The Bertz CT molecular complexity index is 988. The Morgan fingerprint density at radius 3 is 2.32 bits per heavy atom. The quantitative estimate of drug-likeness (QED) is 0.482. The summed E-state index contributed by atoms with van der Waals surface area (Å²) in [5.41, 5.74) is 4.11. The summed E-state index contributed by atoms with van der Waals surface area (Å²) in [6, 6.07) is 18.3. The van der Waals surface area contributed by atoms with Gasteiger partial charge in [0, 0.05) is 12.2 Å². The van der Waals surface area contributed by atoms with Gasteiger partial charge in [-0.15, -0.1) is 0 Å². The number of nitrogens with one attached hydrogen (secondary N) is 1. The fraction of sp³-hybridized carbons (Fsp3) is 0.136. The summed E-state index contributed by atoms with van der Waals surface area (Å²) in [6.07, 6.45) is 0. The smallest absolute Gasteiger partial charge is 0.335 e. The first-order valence-electron chi connectivity index (χ1n) is 8.66. The van der Waals surface area contributed by atoms with Gasteiger partial charge in [0.1, 0.15) is 12.4 Å². The molecule has 0 atom stereocenters. The SMILES string of the molecule is Cc1cc(C(=O)O)ccc1NCc1ccc(OCc2ccc(Cl)c(Cl)c2)cc1. The molecule has 0 radical (unpaired) electrons. The van der Waals surface area contributed by atoms with Crippen LogP contribution in [0.25, 0.3) is 0 Å². The van der Waals surface area contributed by atoms with E-state index in [1.807, 2.05) is 37.3 Å². The predicted molar refractivity (Wildman–Crippen MR) is 113 cm³/mol. The van der Waals surface area contributed by atoms with Crippen molar-refractivity contribution in [3.05, 3.63) is 93.0 Å². The van der Waals surface area contributed by atoms with E-state index < -0.39 is 5.97 Å². The summed E-state index contributed by atoms with van der Waals surface area (Å²) in [5.74, 6) is -0.164. The Labute approximate surface area is 173 Å². The molecule has 0 aliphatic carbocycles. The van der Waals surface area contributed by atoms with Crippen LogP contribution in [0.3, 0.4) is 0 Å². The number of hydrogen-bond donors (Lipinski definition) is 2. The minimum Gasteiger partial charge on any atom is -0.489 e. The number of ether oxygens (including phenoxy) is 1. The number of aryl methyl sites for hydroxylation is 1. The summed E-state index contributed by atoms with van der Waals surface area (Å²) < 4.78 is 5.78. The highest BCUT2D eigenvalue weighted by atomic mass is 35.5. The number of anilines is 1. The van der Waals surface area contributed by atoms with Crippen LogP contribution in [0.15, 0.2) is 60.7 Å². The number of carbonyl (C=O) groups is 1. The molecule has 2 N–H and O–H groups in total. The Kier molecular flexibility index (Phi) is 6.45. The van der Waals surface area contributed by atoms with E-state index in [-0.39, 0.29) is 5.56 Å². The summed E-state index contributed by atoms with van der Waals surface area (Å²) in [6.45, 7) is 2.92. The zero-order chi connectivity index (χ0) is 20.1. The van der Waals surface area contributed by atoms with Gasteiger partial charge in [-0.2, -0.15) is 0 Å². The van der Waals surface area contributed by atoms with Crippen molar-refractivity contribution in [3.63, 3.8) is 0 Å². The molecule has 0 amide bonds. The van der Waals surface area contributed by atoms with Crippen molar-refractivity contribution in [3.8, 4) is 5.75 Å². The lowest BCUT2D eigenvalue weighted by molar-refractivity contribution is 0.0697. The van der Waals surface area contributed by atoms with Crippen LogP contribution in [-0.2, 0) is 13.2 Å². The molecule has 0 bridgehead atoms. The maximum atomic E-state index is 11.0. The van der Waals surface area contributed by atoms with E-state index in [0.717, 1.165) is 28.1 Å². The van der Waals surface area contributed by atoms with Crippen LogP contribution in [0.4, 0.5) is 5.69 Å². The Balaban J connectivity index is 1.55. The average Bonchev–Trinajstić information content (AvgIpc) is 2.68. The number of benzene rings is 3. The molecule has 4 nitrogen and oxygen atoms in total. The molecule has 0 aromatic heterocycles. The molecule has 3 aromatic rings. The van der Waals surface area contributed by atoms with E-state index in [2.05, 4.69) is 5.32 Å². The lowest BCUT2D eigenvalue weighted by Gasteiger charge is -2.11. The van der Waals surface area contributed by atoms with Crippen LogP contribution in [0.5, 0.6) is 5.75 Å². The van der Waals surface area contributed by atoms with E-state index in [4.69, 9.17) is 33.0 Å². The van der Waals surface area contributed by atoms with E-state index in [0.29, 0.717) is 23.2 Å². The summed E-state index contributed by atoms with van der Waals surface area (Å²) in [5, 5.41) is 13.4. The Hall–Kier alpha value is -2.69. The fourth-order valence-electron chi connectivity index (χ4n) is 2.69. The highest BCUT2D eigenvalue weighted by Crippen LogP contribution is 2.24. The monoisotopic (exact) mass is 415 g/mol. The van der Waals surface area contributed by atoms with Crippen molar-refractivity contribution >= 4 is 34.9 Å². The maximum absolute atomic E-state index is 11.0. The van der Waals surface area contributed by atoms with Gasteiger partial charge < -0.3 is 15.2 Å². The van der Waals surface area contributed by atoms with E-state index in [9.17, 15) is 4.79 Å². The Morgan fingerprint density at radius 2 is 1.68 bits per heavy atom. The highest BCUT2D eigenvalue weighted by molar-refractivity contribution is 6.42. The molecule has 0 fully saturated rings. The van der Waals surface area contributed by atoms with Crippen molar-refractivity contribution in [1.82, 2.24) is 0 Å². The van der Waals surface area contributed by atoms with Gasteiger partial charge in [0.15, 0.2) is 0 Å². The van der Waals surface area contributed by atoms with Gasteiger partial charge in [-0.3, -0.25) is 0 Å². The van der Waals surface area contributed by atoms with Gasteiger partial charge >= 0.3 is 5.97 Å². The van der Waals surface area contributed by atoms with Gasteiger partial charge in [0.2, 0.25) is 0 Å².